The zero-order chi connectivity index (χ0) is 32.8. The molecule has 0 saturated carbocycles. The van der Waals surface area contributed by atoms with E-state index in [0.29, 0.717) is 5.92 Å². The van der Waals surface area contributed by atoms with E-state index in [2.05, 4.69) is 175 Å². The molecule has 50 heavy (non-hydrogen) atoms. The number of hydrogen-bond donors (Lipinski definition) is 0. The van der Waals surface area contributed by atoms with Gasteiger partial charge in [-0.1, -0.05) is 133 Å². The molecule has 0 fully saturated rings. The maximum atomic E-state index is 2.56. The summed E-state index contributed by atoms with van der Waals surface area (Å²) in [7, 11) is 0. The van der Waals surface area contributed by atoms with Crippen molar-refractivity contribution in [3.8, 4) is 22.3 Å². The third kappa shape index (κ3) is 3.67. The molecule has 0 radical (unpaired) electrons. The summed E-state index contributed by atoms with van der Waals surface area (Å²) in [6.07, 6.45) is 13.0. The monoisotopic (exact) mass is 637 g/mol. The molecule has 0 N–H and O–H groups in total. The van der Waals surface area contributed by atoms with Crippen LogP contribution in [0.4, 0.5) is 17.1 Å². The lowest BCUT2D eigenvalue weighted by molar-refractivity contribution is 0.680. The fourth-order valence-electron chi connectivity index (χ4n) is 10.0. The first kappa shape index (κ1) is 28.0. The van der Waals surface area contributed by atoms with Crippen molar-refractivity contribution in [1.29, 1.82) is 0 Å². The molecule has 0 saturated heterocycles. The lowest BCUT2D eigenvalue weighted by atomic mass is 9.69. The summed E-state index contributed by atoms with van der Waals surface area (Å²) in [6, 6.07) is 53.9. The summed E-state index contributed by atoms with van der Waals surface area (Å²) in [5.41, 5.74) is 22.1. The van der Waals surface area contributed by atoms with Gasteiger partial charge in [0.1, 0.15) is 0 Å². The second-order valence-corrected chi connectivity index (χ2v) is 14.2. The van der Waals surface area contributed by atoms with Crippen LogP contribution in [0, 0.1) is 0 Å². The quantitative estimate of drug-likeness (QED) is 0.182. The van der Waals surface area contributed by atoms with Crippen LogP contribution in [-0.2, 0) is 5.41 Å². The van der Waals surface area contributed by atoms with Gasteiger partial charge in [0.2, 0.25) is 0 Å². The standard InChI is InChI=1S/C49H35N/c1-3-13-33(14-4-1)37-17-8-10-24-46(37)50(35-15-5-2-6-16-35)36-28-25-32(26-29-36)34-27-30-39-41-20-12-22-43-42-21-11-19-40-38-18-7-9-23-44(38)49(47(40)42,48(41)43)45(39)31-34/h1-8,10-19,21-22,24-31,41H,9,20,23H2. The van der Waals surface area contributed by atoms with Gasteiger partial charge in [-0.3, -0.25) is 0 Å². The number of rotatable bonds is 5. The number of benzene rings is 6. The Labute approximate surface area is 293 Å². The molecule has 1 heteroatoms. The van der Waals surface area contributed by atoms with E-state index in [1.165, 1.54) is 55.7 Å². The van der Waals surface area contributed by atoms with E-state index in [1.54, 1.807) is 16.7 Å². The van der Waals surface area contributed by atoms with Crippen LogP contribution in [0.2, 0.25) is 0 Å². The maximum Gasteiger partial charge on any atom is 0.0660 e. The average Bonchev–Trinajstić information content (AvgIpc) is 3.79. The van der Waals surface area contributed by atoms with E-state index >= 15 is 0 Å². The minimum atomic E-state index is -0.118. The minimum absolute atomic E-state index is 0.118. The Morgan fingerprint density at radius 3 is 2.06 bits per heavy atom. The number of nitrogens with zero attached hydrogens (tertiary/aromatic N) is 1. The zero-order valence-corrected chi connectivity index (χ0v) is 27.8. The molecule has 1 nitrogen and oxygen atoms in total. The normalized spacial score (nSPS) is 20.1. The predicted octanol–water partition coefficient (Wildman–Crippen LogP) is 12.7. The second kappa shape index (κ2) is 10.5. The Bertz CT molecular complexity index is 2480. The summed E-state index contributed by atoms with van der Waals surface area (Å²) in [5, 5.41) is 0. The number of hydrogen-bond acceptors (Lipinski definition) is 1. The van der Waals surface area contributed by atoms with Crippen LogP contribution >= 0.6 is 0 Å². The first-order chi connectivity index (χ1) is 24.8. The van der Waals surface area contributed by atoms with Crippen LogP contribution < -0.4 is 4.90 Å². The topological polar surface area (TPSA) is 3.24 Å². The third-order valence-electron chi connectivity index (χ3n) is 11.9. The molecule has 11 rings (SSSR count). The molecule has 6 aromatic rings. The Morgan fingerprint density at radius 1 is 0.540 bits per heavy atom. The van der Waals surface area contributed by atoms with Crippen LogP contribution in [0.5, 0.6) is 0 Å². The van der Waals surface area contributed by atoms with Gasteiger partial charge in [-0.15, -0.1) is 0 Å². The molecular formula is C49H35N. The maximum absolute atomic E-state index is 2.56. The van der Waals surface area contributed by atoms with E-state index in [4.69, 9.17) is 0 Å². The summed E-state index contributed by atoms with van der Waals surface area (Å²) >= 11 is 0. The number of allylic oxidation sites excluding steroid dienone is 8. The lowest BCUT2D eigenvalue weighted by Gasteiger charge is -2.32. The third-order valence-corrected chi connectivity index (χ3v) is 11.9. The number of fused-ring (bicyclic) bond motifs is 4. The Morgan fingerprint density at radius 2 is 1.22 bits per heavy atom. The van der Waals surface area contributed by atoms with Crippen LogP contribution in [0.3, 0.4) is 0 Å². The van der Waals surface area contributed by atoms with Gasteiger partial charge in [-0.2, -0.15) is 0 Å². The highest BCUT2D eigenvalue weighted by molar-refractivity contribution is 6.04. The van der Waals surface area contributed by atoms with Crippen molar-refractivity contribution >= 4 is 28.2 Å². The molecule has 0 amide bonds. The molecule has 5 aliphatic rings. The molecule has 5 aliphatic carbocycles. The van der Waals surface area contributed by atoms with Crippen LogP contribution in [0.15, 0.2) is 181 Å². The van der Waals surface area contributed by atoms with E-state index in [9.17, 15) is 0 Å². The highest BCUT2D eigenvalue weighted by Gasteiger charge is 2.60. The van der Waals surface area contributed by atoms with Gasteiger partial charge in [0.05, 0.1) is 11.1 Å². The smallest absolute Gasteiger partial charge is 0.0660 e. The van der Waals surface area contributed by atoms with Crippen molar-refractivity contribution in [2.75, 3.05) is 4.90 Å². The first-order valence-electron chi connectivity index (χ1n) is 18.0. The average molecular weight is 638 g/mol. The number of anilines is 3. The Hall–Kier alpha value is -5.92. The molecular weight excluding hydrogens is 603 g/mol. The van der Waals surface area contributed by atoms with Crippen LogP contribution in [0.1, 0.15) is 53.0 Å². The summed E-state index contributed by atoms with van der Waals surface area (Å²) < 4.78 is 0. The van der Waals surface area contributed by atoms with Gasteiger partial charge < -0.3 is 4.90 Å². The first-order valence-corrected chi connectivity index (χ1v) is 18.0. The van der Waals surface area contributed by atoms with E-state index in [-0.39, 0.29) is 5.41 Å². The fourth-order valence-corrected chi connectivity index (χ4v) is 10.0. The van der Waals surface area contributed by atoms with E-state index in [1.807, 2.05) is 0 Å². The molecule has 1 spiro atoms. The molecule has 0 aromatic heterocycles. The van der Waals surface area contributed by atoms with E-state index < -0.39 is 0 Å². The highest BCUT2D eigenvalue weighted by Crippen LogP contribution is 2.71. The predicted molar refractivity (Wildman–Crippen MR) is 208 cm³/mol. The minimum Gasteiger partial charge on any atom is -0.310 e. The summed E-state index contributed by atoms with van der Waals surface area (Å²) in [4.78, 5) is 2.39. The molecule has 6 aromatic carbocycles. The molecule has 0 heterocycles. The zero-order valence-electron chi connectivity index (χ0n) is 27.8. The van der Waals surface area contributed by atoms with Crippen molar-refractivity contribution in [2.45, 2.75) is 30.6 Å². The summed E-state index contributed by atoms with van der Waals surface area (Å²) in [5.74, 6) is 0.448. The molecule has 0 aliphatic heterocycles. The summed E-state index contributed by atoms with van der Waals surface area (Å²) in [6.45, 7) is 0. The van der Waals surface area contributed by atoms with Gasteiger partial charge in [0, 0.05) is 22.9 Å². The Balaban J connectivity index is 1.05. The van der Waals surface area contributed by atoms with Crippen molar-refractivity contribution in [3.63, 3.8) is 0 Å². The SMILES string of the molecule is C1=CC2=C(CC1)C13C4=C(C=CCC4c4ccc(-c5ccc(N(c6ccccc6)c6ccccc6-c6ccccc6)cc5)cc41)c1cccc2c13. The van der Waals surface area contributed by atoms with Gasteiger partial charge in [-0.05, 0) is 122 Å². The van der Waals surface area contributed by atoms with Crippen molar-refractivity contribution in [2.24, 2.45) is 0 Å². The molecule has 2 atom stereocenters. The lowest BCUT2D eigenvalue weighted by Crippen LogP contribution is -2.26. The largest absolute Gasteiger partial charge is 0.310 e. The second-order valence-electron chi connectivity index (χ2n) is 14.2. The van der Waals surface area contributed by atoms with Crippen molar-refractivity contribution < 1.29 is 0 Å². The highest BCUT2D eigenvalue weighted by atomic mass is 15.1. The van der Waals surface area contributed by atoms with Gasteiger partial charge in [0.25, 0.3) is 0 Å². The molecule has 2 unspecified atom stereocenters. The number of para-hydroxylation sites is 2. The van der Waals surface area contributed by atoms with E-state index in [0.717, 1.165) is 36.3 Å². The van der Waals surface area contributed by atoms with Gasteiger partial charge >= 0.3 is 0 Å². The van der Waals surface area contributed by atoms with Crippen molar-refractivity contribution in [3.05, 3.63) is 209 Å². The Kier molecular flexibility index (Phi) is 5.90. The van der Waals surface area contributed by atoms with Gasteiger partial charge in [0.15, 0.2) is 0 Å². The fraction of sp³-hybridized carbons (Fsp3) is 0.102. The van der Waals surface area contributed by atoms with Gasteiger partial charge in [-0.25, -0.2) is 0 Å². The molecule has 0 bridgehead atoms. The molecule has 236 valence electrons. The van der Waals surface area contributed by atoms with Crippen LogP contribution in [-0.4, -0.2) is 0 Å². The van der Waals surface area contributed by atoms with Crippen molar-refractivity contribution in [1.82, 2.24) is 0 Å². The van der Waals surface area contributed by atoms with Crippen LogP contribution in [0.25, 0.3) is 33.4 Å².